The van der Waals surface area contributed by atoms with Gasteiger partial charge in [0.25, 0.3) is 0 Å². The molecule has 0 radical (unpaired) electrons. The Hall–Kier alpha value is -1.23. The zero-order valence-electron chi connectivity index (χ0n) is 23.3. The summed E-state index contributed by atoms with van der Waals surface area (Å²) in [7, 11) is 0. The smallest absolute Gasteiger partial charge is 0.229 e. The molecule has 0 aromatic rings. The van der Waals surface area contributed by atoms with Crippen molar-refractivity contribution in [3.63, 3.8) is 0 Å². The van der Waals surface area contributed by atoms with Gasteiger partial charge in [0.2, 0.25) is 6.29 Å². The Kier molecular flexibility index (Phi) is 9.36. The van der Waals surface area contributed by atoms with E-state index in [1.807, 2.05) is 20.8 Å². The summed E-state index contributed by atoms with van der Waals surface area (Å²) in [6, 6.07) is 0. The Morgan fingerprint density at radius 2 is 1.40 bits per heavy atom. The number of rotatable bonds is 7. The van der Waals surface area contributed by atoms with Gasteiger partial charge in [-0.2, -0.15) is 0 Å². The van der Waals surface area contributed by atoms with E-state index in [1.54, 1.807) is 6.92 Å². The van der Waals surface area contributed by atoms with Gasteiger partial charge in [0.1, 0.15) is 48.8 Å². The maximum absolute atomic E-state index is 13.2. The molecular formula is C27H44O13. The van der Waals surface area contributed by atoms with Crippen molar-refractivity contribution in [3.05, 3.63) is 11.3 Å². The summed E-state index contributed by atoms with van der Waals surface area (Å²) < 4.78 is 23.0. The summed E-state index contributed by atoms with van der Waals surface area (Å²) in [4.78, 5) is 13.2. The molecule has 4 aliphatic rings. The van der Waals surface area contributed by atoms with Gasteiger partial charge in [0, 0.05) is 6.42 Å². The lowest BCUT2D eigenvalue weighted by Gasteiger charge is -2.52. The van der Waals surface area contributed by atoms with Gasteiger partial charge in [-0.1, -0.05) is 6.92 Å². The minimum atomic E-state index is -1.65. The number of hydrogen-bond donors (Lipinski definition) is 8. The van der Waals surface area contributed by atoms with E-state index in [4.69, 9.17) is 18.9 Å². The van der Waals surface area contributed by atoms with E-state index in [0.717, 1.165) is 0 Å². The summed E-state index contributed by atoms with van der Waals surface area (Å²) in [6.45, 7) is 6.28. The standard InChI is InChI=1S/C27H44O13/c1-11-13-7-12(26(2,3)40-25-22(36)20(34)18(32)16(10-29)38-25)5-6-27(13,4)8-14(30)23(11)39-24-21(35)19(33)17(31)15(9-28)37-24/h12-13,15-22,24-25,28-29,31-36H,5-10H2,1-4H3/t12-,13-,15-,16-,17+,18-,19+,20+,21+,22+,24+,25+,27+/m0/s1. The predicted octanol–water partition coefficient (Wildman–Crippen LogP) is -1.93. The van der Waals surface area contributed by atoms with Crippen molar-refractivity contribution in [1.29, 1.82) is 0 Å². The minimum absolute atomic E-state index is 0.0140. The molecule has 40 heavy (non-hydrogen) atoms. The number of ether oxygens (including phenoxy) is 4. The lowest BCUT2D eigenvalue weighted by molar-refractivity contribution is -0.330. The summed E-state index contributed by atoms with van der Waals surface area (Å²) in [5.74, 6) is -0.486. The quantitative estimate of drug-likeness (QED) is 0.166. The summed E-state index contributed by atoms with van der Waals surface area (Å²) >= 11 is 0. The average Bonchev–Trinajstić information content (AvgIpc) is 2.90. The fourth-order valence-corrected chi connectivity index (χ4v) is 6.73. The van der Waals surface area contributed by atoms with Gasteiger partial charge in [0.05, 0.1) is 18.8 Å². The maximum atomic E-state index is 13.2. The highest BCUT2D eigenvalue weighted by Gasteiger charge is 2.53. The SMILES string of the molecule is CC1=C(O[C@H]2O[C@@H](CO)[C@@H](O)[C@@H](O)[C@H]2O)C(=O)C[C@@]2(C)CC[C@H](C(C)(C)O[C@H]3O[C@@H](CO)[C@H](O)[C@@H](O)[C@H]3O)C[C@@H]12. The number of allylic oxidation sites excluding steroid dienone is 2. The maximum Gasteiger partial charge on any atom is 0.229 e. The van der Waals surface area contributed by atoms with Gasteiger partial charge in [-0.15, -0.1) is 0 Å². The second-order valence-electron chi connectivity index (χ2n) is 12.5. The molecule has 2 aliphatic carbocycles. The van der Waals surface area contributed by atoms with Crippen molar-refractivity contribution in [3.8, 4) is 0 Å². The number of Topliss-reactive ketones (excluding diaryl/α,β-unsaturated/α-hetero) is 1. The number of aliphatic hydroxyl groups is 8. The third kappa shape index (κ3) is 5.71. The second kappa shape index (κ2) is 11.8. The van der Waals surface area contributed by atoms with Crippen LogP contribution < -0.4 is 0 Å². The third-order valence-corrected chi connectivity index (χ3v) is 9.46. The largest absolute Gasteiger partial charge is 0.458 e. The number of fused-ring (bicyclic) bond motifs is 1. The molecule has 0 aromatic heterocycles. The molecule has 13 heteroatoms. The van der Waals surface area contributed by atoms with Crippen molar-refractivity contribution in [1.82, 2.24) is 0 Å². The molecule has 13 nitrogen and oxygen atoms in total. The Morgan fingerprint density at radius 1 is 0.875 bits per heavy atom. The molecule has 2 aliphatic heterocycles. The molecule has 0 spiro atoms. The van der Waals surface area contributed by atoms with Crippen LogP contribution in [0.4, 0.5) is 0 Å². The lowest BCUT2D eigenvalue weighted by Crippen LogP contribution is -2.61. The van der Waals surface area contributed by atoms with Crippen molar-refractivity contribution < 1.29 is 64.6 Å². The van der Waals surface area contributed by atoms with Crippen LogP contribution in [-0.4, -0.2) is 127 Å². The molecule has 0 amide bonds. The Labute approximate surface area is 232 Å². The highest BCUT2D eigenvalue weighted by atomic mass is 16.7. The molecule has 8 N–H and O–H groups in total. The predicted molar refractivity (Wildman–Crippen MR) is 135 cm³/mol. The van der Waals surface area contributed by atoms with E-state index >= 15 is 0 Å². The van der Waals surface area contributed by atoms with E-state index in [-0.39, 0.29) is 35.2 Å². The normalized spacial score (nSPS) is 46.8. The van der Waals surface area contributed by atoms with E-state index in [1.165, 1.54) is 0 Å². The highest BCUT2D eigenvalue weighted by Crippen LogP contribution is 2.55. The lowest BCUT2D eigenvalue weighted by atomic mass is 9.56. The number of ketones is 1. The van der Waals surface area contributed by atoms with Crippen LogP contribution in [0.3, 0.4) is 0 Å². The number of hydrogen-bond acceptors (Lipinski definition) is 13. The van der Waals surface area contributed by atoms with E-state index in [9.17, 15) is 45.6 Å². The molecule has 0 unspecified atom stereocenters. The van der Waals surface area contributed by atoms with E-state index in [0.29, 0.717) is 24.8 Å². The number of carbonyl (C=O) groups is 1. The Bertz CT molecular complexity index is 951. The van der Waals surface area contributed by atoms with Crippen LogP contribution in [0.1, 0.15) is 53.4 Å². The Morgan fingerprint density at radius 3 is 1.95 bits per heavy atom. The van der Waals surface area contributed by atoms with Crippen molar-refractivity contribution in [2.45, 2.75) is 120 Å². The van der Waals surface area contributed by atoms with E-state index < -0.39 is 80.2 Å². The first kappa shape index (κ1) is 31.7. The molecule has 2 heterocycles. The molecule has 0 bridgehead atoms. The topological polar surface area (TPSA) is 216 Å². The van der Waals surface area contributed by atoms with Gasteiger partial charge in [-0.25, -0.2) is 0 Å². The monoisotopic (exact) mass is 576 g/mol. The van der Waals surface area contributed by atoms with Gasteiger partial charge < -0.3 is 59.8 Å². The van der Waals surface area contributed by atoms with Crippen LogP contribution in [-0.2, 0) is 23.7 Å². The number of aliphatic hydroxyl groups excluding tert-OH is 8. The Balaban J connectivity index is 1.53. The first-order valence-electron chi connectivity index (χ1n) is 13.8. The summed E-state index contributed by atoms with van der Waals surface area (Å²) in [5, 5.41) is 80.4. The van der Waals surface area contributed by atoms with E-state index in [2.05, 4.69) is 0 Å². The second-order valence-corrected chi connectivity index (χ2v) is 12.5. The first-order chi connectivity index (χ1) is 18.6. The summed E-state index contributed by atoms with van der Waals surface area (Å²) in [6.07, 6.45) is -12.3. The minimum Gasteiger partial charge on any atom is -0.458 e. The first-order valence-corrected chi connectivity index (χ1v) is 13.8. The van der Waals surface area contributed by atoms with Crippen molar-refractivity contribution in [2.75, 3.05) is 13.2 Å². The molecule has 3 fully saturated rings. The highest BCUT2D eigenvalue weighted by molar-refractivity contribution is 5.95. The van der Waals surface area contributed by atoms with Gasteiger partial charge >= 0.3 is 0 Å². The fraction of sp³-hybridized carbons (Fsp3) is 0.889. The van der Waals surface area contributed by atoms with Crippen molar-refractivity contribution in [2.24, 2.45) is 17.3 Å². The zero-order chi connectivity index (χ0) is 29.7. The fourth-order valence-electron chi connectivity index (χ4n) is 6.73. The number of carbonyl (C=O) groups excluding carboxylic acids is 1. The average molecular weight is 577 g/mol. The molecule has 0 aromatic carbocycles. The van der Waals surface area contributed by atoms with Crippen LogP contribution >= 0.6 is 0 Å². The molecule has 230 valence electrons. The van der Waals surface area contributed by atoms with Gasteiger partial charge in [-0.05, 0) is 62.9 Å². The molecular weight excluding hydrogens is 532 g/mol. The van der Waals surface area contributed by atoms with Crippen LogP contribution in [0.25, 0.3) is 0 Å². The zero-order valence-corrected chi connectivity index (χ0v) is 23.3. The van der Waals surface area contributed by atoms with Crippen LogP contribution in [0.2, 0.25) is 0 Å². The van der Waals surface area contributed by atoms with Gasteiger partial charge in [-0.3, -0.25) is 4.79 Å². The van der Waals surface area contributed by atoms with Crippen molar-refractivity contribution >= 4 is 5.78 Å². The summed E-state index contributed by atoms with van der Waals surface area (Å²) in [5.41, 5.74) is -0.613. The molecule has 4 rings (SSSR count). The molecule has 2 saturated heterocycles. The van der Waals surface area contributed by atoms with Crippen LogP contribution in [0.15, 0.2) is 11.3 Å². The van der Waals surface area contributed by atoms with Crippen LogP contribution in [0.5, 0.6) is 0 Å². The third-order valence-electron chi connectivity index (χ3n) is 9.46. The molecule has 13 atom stereocenters. The van der Waals surface area contributed by atoms with Gasteiger partial charge in [0.15, 0.2) is 17.8 Å². The van der Waals surface area contributed by atoms with Crippen LogP contribution in [0, 0.1) is 17.3 Å². The molecule has 1 saturated carbocycles.